The van der Waals surface area contributed by atoms with Crippen molar-refractivity contribution in [2.45, 2.75) is 18.0 Å². The van der Waals surface area contributed by atoms with Gasteiger partial charge in [0.1, 0.15) is 6.10 Å². The number of Topliss-reactive ketones (excluding diaryl/α,β-unsaturated/α-hetero) is 2. The number of benzene rings is 3. The predicted octanol–water partition coefficient (Wildman–Crippen LogP) is 6.04. The number of hydrogen-bond donors (Lipinski definition) is 0. The van der Waals surface area contributed by atoms with Gasteiger partial charge in [-0.15, -0.1) is 0 Å². The number of rotatable bonds is 6. The van der Waals surface area contributed by atoms with E-state index < -0.39 is 29.6 Å². The van der Waals surface area contributed by atoms with Crippen LogP contribution >= 0.6 is 11.3 Å². The first-order valence-corrected chi connectivity index (χ1v) is 11.2. The Bertz CT molecular complexity index is 1150. The molecule has 4 aromatic rings. The molecule has 5 heteroatoms. The van der Waals surface area contributed by atoms with E-state index in [1.807, 2.05) is 59.3 Å². The first kappa shape index (κ1) is 20.5. The Labute approximate surface area is 190 Å². The second kappa shape index (κ2) is 8.63. The lowest BCUT2D eigenvalue weighted by molar-refractivity contribution is -0.0766. The maximum Gasteiger partial charge on any atom is 0.226 e. The Hall–Kier alpha value is -3.38. The third kappa shape index (κ3) is 3.50. The molecule has 32 heavy (non-hydrogen) atoms. The second-order valence-corrected chi connectivity index (χ2v) is 8.34. The Kier molecular flexibility index (Phi) is 5.53. The molecule has 0 radical (unpaired) electrons. The third-order valence-corrected chi connectivity index (χ3v) is 6.29. The molecule has 3 aromatic carbocycles. The Balaban J connectivity index is 1.71. The monoisotopic (exact) mass is 440 g/mol. The molecule has 1 aliphatic rings. The van der Waals surface area contributed by atoms with E-state index in [0.717, 1.165) is 5.56 Å². The van der Waals surface area contributed by atoms with E-state index in [1.54, 1.807) is 48.5 Å². The van der Waals surface area contributed by atoms with E-state index in [0.29, 0.717) is 16.7 Å². The standard InChI is InChI=1S/C27H20O4S/c28-23(19-10-4-1-5-11-19)27(24(29)20-12-6-2-7-13-20)25(21-14-8-3-9-15-21)30-26(31-27)22-16-17-32-18-22/h1-18,25-26H. The largest absolute Gasteiger partial charge is 0.336 e. The first-order valence-electron chi connectivity index (χ1n) is 10.3. The van der Waals surface area contributed by atoms with Gasteiger partial charge in [-0.05, 0) is 22.4 Å². The predicted molar refractivity (Wildman–Crippen MR) is 123 cm³/mol. The number of carbonyl (C=O) groups is 2. The topological polar surface area (TPSA) is 52.6 Å². The molecular weight excluding hydrogens is 420 g/mol. The highest BCUT2D eigenvalue weighted by Gasteiger charge is 2.61. The molecule has 1 aliphatic heterocycles. The molecular formula is C27H20O4S. The molecule has 2 atom stereocenters. The Morgan fingerprint density at radius 3 is 1.72 bits per heavy atom. The molecule has 0 spiro atoms. The molecule has 0 aliphatic carbocycles. The van der Waals surface area contributed by atoms with Crippen molar-refractivity contribution in [3.63, 3.8) is 0 Å². The van der Waals surface area contributed by atoms with Crippen molar-refractivity contribution in [1.29, 1.82) is 0 Å². The van der Waals surface area contributed by atoms with Crippen LogP contribution in [-0.2, 0) is 9.47 Å². The SMILES string of the molecule is O=C(c1ccccc1)C1(C(=O)c2ccccc2)OC(c2ccsc2)OC1c1ccccc1. The molecule has 0 amide bonds. The van der Waals surface area contributed by atoms with Crippen LogP contribution in [0.15, 0.2) is 108 Å². The van der Waals surface area contributed by atoms with Gasteiger partial charge in [0.25, 0.3) is 0 Å². The number of thiophene rings is 1. The molecule has 158 valence electrons. The summed E-state index contributed by atoms with van der Waals surface area (Å²) in [6, 6.07) is 28.8. The van der Waals surface area contributed by atoms with E-state index in [9.17, 15) is 9.59 Å². The van der Waals surface area contributed by atoms with E-state index in [-0.39, 0.29) is 0 Å². The first-order chi connectivity index (χ1) is 15.7. The highest BCUT2D eigenvalue weighted by Crippen LogP contribution is 2.50. The van der Waals surface area contributed by atoms with Gasteiger partial charge in [-0.1, -0.05) is 91.0 Å². The maximum atomic E-state index is 14.1. The minimum atomic E-state index is -1.86. The lowest BCUT2D eigenvalue weighted by Gasteiger charge is -2.30. The van der Waals surface area contributed by atoms with Crippen LogP contribution in [0, 0.1) is 0 Å². The smallest absolute Gasteiger partial charge is 0.226 e. The van der Waals surface area contributed by atoms with Gasteiger partial charge in [-0.3, -0.25) is 9.59 Å². The van der Waals surface area contributed by atoms with Crippen LogP contribution in [0.25, 0.3) is 0 Å². The number of ether oxygens (including phenoxy) is 2. The third-order valence-electron chi connectivity index (χ3n) is 5.59. The zero-order chi connectivity index (χ0) is 22.0. The summed E-state index contributed by atoms with van der Waals surface area (Å²) in [5.41, 5.74) is 0.411. The van der Waals surface area contributed by atoms with E-state index in [2.05, 4.69) is 0 Å². The van der Waals surface area contributed by atoms with Gasteiger partial charge in [-0.2, -0.15) is 11.3 Å². The van der Waals surface area contributed by atoms with Crippen molar-refractivity contribution >= 4 is 22.9 Å². The molecule has 5 rings (SSSR count). The van der Waals surface area contributed by atoms with Crippen molar-refractivity contribution in [3.8, 4) is 0 Å². The summed E-state index contributed by atoms with van der Waals surface area (Å²) in [5.74, 6) is -0.836. The van der Waals surface area contributed by atoms with Crippen LogP contribution in [0.4, 0.5) is 0 Å². The van der Waals surface area contributed by atoms with Gasteiger partial charge < -0.3 is 9.47 Å². The Morgan fingerprint density at radius 1 is 0.688 bits per heavy atom. The van der Waals surface area contributed by atoms with Crippen molar-refractivity contribution in [1.82, 2.24) is 0 Å². The zero-order valence-corrected chi connectivity index (χ0v) is 17.9. The summed E-state index contributed by atoms with van der Waals surface area (Å²) in [6.07, 6.45) is -1.75. The molecule has 1 aromatic heterocycles. The summed E-state index contributed by atoms with van der Waals surface area (Å²) in [7, 11) is 0. The molecule has 0 N–H and O–H groups in total. The van der Waals surface area contributed by atoms with Gasteiger partial charge in [0.15, 0.2) is 6.29 Å². The van der Waals surface area contributed by atoms with Crippen LogP contribution in [0.1, 0.15) is 44.2 Å². The van der Waals surface area contributed by atoms with Crippen LogP contribution in [0.2, 0.25) is 0 Å². The molecule has 1 saturated heterocycles. The molecule has 4 nitrogen and oxygen atoms in total. The van der Waals surface area contributed by atoms with Gasteiger partial charge in [0.05, 0.1) is 0 Å². The van der Waals surface area contributed by atoms with Gasteiger partial charge in [0.2, 0.25) is 17.2 Å². The fourth-order valence-electron chi connectivity index (χ4n) is 4.03. The maximum absolute atomic E-state index is 14.1. The second-order valence-electron chi connectivity index (χ2n) is 7.56. The quantitative estimate of drug-likeness (QED) is 0.271. The molecule has 0 saturated carbocycles. The number of carbonyl (C=O) groups excluding carboxylic acids is 2. The highest BCUT2D eigenvalue weighted by molar-refractivity contribution is 7.07. The molecule has 0 bridgehead atoms. The summed E-state index contributed by atoms with van der Waals surface area (Å²) in [4.78, 5) is 28.1. The van der Waals surface area contributed by atoms with E-state index in [1.165, 1.54) is 11.3 Å². The zero-order valence-electron chi connectivity index (χ0n) is 17.1. The van der Waals surface area contributed by atoms with Crippen molar-refractivity contribution in [2.24, 2.45) is 0 Å². The Morgan fingerprint density at radius 2 is 1.22 bits per heavy atom. The van der Waals surface area contributed by atoms with Gasteiger partial charge in [-0.25, -0.2) is 0 Å². The highest BCUT2D eigenvalue weighted by atomic mass is 32.1. The van der Waals surface area contributed by atoms with Gasteiger partial charge in [0, 0.05) is 16.7 Å². The molecule has 1 fully saturated rings. The van der Waals surface area contributed by atoms with E-state index >= 15 is 0 Å². The van der Waals surface area contributed by atoms with Crippen molar-refractivity contribution in [3.05, 3.63) is 130 Å². The summed E-state index contributed by atoms with van der Waals surface area (Å²) >= 11 is 1.50. The lowest BCUT2D eigenvalue weighted by atomic mass is 9.78. The number of ketones is 2. The van der Waals surface area contributed by atoms with Crippen molar-refractivity contribution < 1.29 is 19.1 Å². The average molecular weight is 441 g/mol. The minimum Gasteiger partial charge on any atom is -0.336 e. The normalized spacial score (nSPS) is 19.5. The van der Waals surface area contributed by atoms with Crippen LogP contribution in [0.3, 0.4) is 0 Å². The van der Waals surface area contributed by atoms with Crippen LogP contribution in [-0.4, -0.2) is 17.2 Å². The van der Waals surface area contributed by atoms with Gasteiger partial charge >= 0.3 is 0 Å². The fraction of sp³-hybridized carbons (Fsp3) is 0.111. The number of hydrogen-bond acceptors (Lipinski definition) is 5. The lowest BCUT2D eigenvalue weighted by Crippen LogP contribution is -2.50. The van der Waals surface area contributed by atoms with Crippen LogP contribution < -0.4 is 0 Å². The molecule has 2 heterocycles. The minimum absolute atomic E-state index is 0.396. The fourth-order valence-corrected chi connectivity index (χ4v) is 4.69. The summed E-state index contributed by atoms with van der Waals surface area (Å²) in [6.45, 7) is 0. The summed E-state index contributed by atoms with van der Waals surface area (Å²) < 4.78 is 12.7. The van der Waals surface area contributed by atoms with Crippen LogP contribution in [0.5, 0.6) is 0 Å². The molecule has 2 unspecified atom stereocenters. The average Bonchev–Trinajstić information content (AvgIpc) is 3.54. The van der Waals surface area contributed by atoms with Crippen molar-refractivity contribution in [2.75, 3.05) is 0 Å². The summed E-state index contributed by atoms with van der Waals surface area (Å²) in [5, 5.41) is 3.82. The van der Waals surface area contributed by atoms with E-state index in [4.69, 9.17) is 9.47 Å².